The Hall–Kier alpha value is -1.93. The van der Waals surface area contributed by atoms with E-state index in [1.165, 1.54) is 6.07 Å². The van der Waals surface area contributed by atoms with E-state index in [4.69, 9.17) is 13.9 Å². The lowest BCUT2D eigenvalue weighted by atomic mass is 10.00. The smallest absolute Gasteiger partial charge is 0.336 e. The van der Waals surface area contributed by atoms with Gasteiger partial charge in [0.15, 0.2) is 11.3 Å². The van der Waals surface area contributed by atoms with Gasteiger partial charge in [0.25, 0.3) is 0 Å². The van der Waals surface area contributed by atoms with E-state index in [0.29, 0.717) is 5.39 Å². The molecular weight excluding hydrogens is 304 g/mol. The number of hydrogen-bond donors (Lipinski definition) is 3. The fraction of sp³-hybridized carbons (Fsp3) is 0.438. The third-order valence-electron chi connectivity index (χ3n) is 3.99. The Bertz CT molecular complexity index is 769. The lowest BCUT2D eigenvalue weighted by molar-refractivity contribution is -0.268. The number of fused-ring (bicyclic) bond motifs is 1. The number of aliphatic hydroxyl groups is 3. The Labute approximate surface area is 131 Å². The van der Waals surface area contributed by atoms with Crippen molar-refractivity contribution in [2.45, 2.75) is 44.6 Å². The van der Waals surface area contributed by atoms with Crippen molar-refractivity contribution in [1.29, 1.82) is 0 Å². The normalized spacial score (nSPS) is 31.3. The summed E-state index contributed by atoms with van der Waals surface area (Å²) in [6.45, 7) is 3.33. The molecule has 1 aliphatic rings. The predicted octanol–water partition coefficient (Wildman–Crippen LogP) is 0.308. The van der Waals surface area contributed by atoms with Crippen molar-refractivity contribution < 1.29 is 29.2 Å². The van der Waals surface area contributed by atoms with Gasteiger partial charge in [0.1, 0.15) is 18.3 Å². The maximum absolute atomic E-state index is 11.6. The van der Waals surface area contributed by atoms with E-state index < -0.39 is 36.3 Å². The molecule has 3 rings (SSSR count). The molecule has 0 bridgehead atoms. The molecule has 7 heteroatoms. The molecule has 0 spiro atoms. The summed E-state index contributed by atoms with van der Waals surface area (Å²) in [6.07, 6.45) is -5.96. The van der Waals surface area contributed by atoms with E-state index in [2.05, 4.69) is 0 Å². The van der Waals surface area contributed by atoms with Crippen LogP contribution in [0.3, 0.4) is 0 Å². The topological polar surface area (TPSA) is 109 Å². The predicted molar refractivity (Wildman–Crippen MR) is 80.2 cm³/mol. The van der Waals surface area contributed by atoms with Gasteiger partial charge in [-0.05, 0) is 25.5 Å². The summed E-state index contributed by atoms with van der Waals surface area (Å²) in [5.74, 6) is 0.211. The second-order valence-electron chi connectivity index (χ2n) is 5.68. The molecule has 2 aromatic rings. The van der Waals surface area contributed by atoms with Crippen molar-refractivity contribution in [3.05, 3.63) is 40.2 Å². The van der Waals surface area contributed by atoms with Crippen molar-refractivity contribution in [1.82, 2.24) is 0 Å². The van der Waals surface area contributed by atoms with Crippen LogP contribution in [0.15, 0.2) is 33.5 Å². The largest absolute Gasteiger partial charge is 0.458 e. The van der Waals surface area contributed by atoms with Gasteiger partial charge in [-0.3, -0.25) is 0 Å². The molecule has 0 unspecified atom stereocenters. The second-order valence-corrected chi connectivity index (χ2v) is 5.68. The summed E-state index contributed by atoms with van der Waals surface area (Å²) in [5, 5.41) is 30.2. The number of aliphatic hydroxyl groups excluding tert-OH is 3. The summed E-state index contributed by atoms with van der Waals surface area (Å²) in [7, 11) is 0. The van der Waals surface area contributed by atoms with Crippen LogP contribution < -0.4 is 10.4 Å². The highest BCUT2D eigenvalue weighted by molar-refractivity contribution is 5.85. The zero-order valence-corrected chi connectivity index (χ0v) is 12.7. The van der Waals surface area contributed by atoms with E-state index in [0.717, 1.165) is 5.56 Å². The molecule has 7 nitrogen and oxygen atoms in total. The molecular formula is C16H18O7. The summed E-state index contributed by atoms with van der Waals surface area (Å²) < 4.78 is 16.2. The number of benzene rings is 1. The van der Waals surface area contributed by atoms with Crippen molar-refractivity contribution in [2.24, 2.45) is 0 Å². The number of aryl methyl sites for hydroxylation is 1. The fourth-order valence-corrected chi connectivity index (χ4v) is 2.64. The molecule has 0 saturated carbocycles. The summed E-state index contributed by atoms with van der Waals surface area (Å²) in [6, 6.07) is 6.44. The monoisotopic (exact) mass is 322 g/mol. The first kappa shape index (κ1) is 15.9. The van der Waals surface area contributed by atoms with E-state index in [1.54, 1.807) is 32.0 Å². The van der Waals surface area contributed by atoms with Gasteiger partial charge in [-0.2, -0.15) is 0 Å². The molecule has 5 atom stereocenters. The lowest BCUT2D eigenvalue weighted by Crippen LogP contribution is -2.58. The Kier molecular flexibility index (Phi) is 4.11. The highest BCUT2D eigenvalue weighted by atomic mass is 16.7. The van der Waals surface area contributed by atoms with Gasteiger partial charge in [0.05, 0.1) is 6.10 Å². The minimum Gasteiger partial charge on any atom is -0.458 e. The van der Waals surface area contributed by atoms with Crippen LogP contribution in [-0.2, 0) is 4.74 Å². The van der Waals surface area contributed by atoms with Crippen molar-refractivity contribution in [3.63, 3.8) is 0 Å². The third kappa shape index (κ3) is 2.84. The van der Waals surface area contributed by atoms with Crippen molar-refractivity contribution in [3.8, 4) is 5.75 Å². The first-order valence-electron chi connectivity index (χ1n) is 7.28. The maximum atomic E-state index is 11.6. The minimum atomic E-state index is -1.44. The Morgan fingerprint density at radius 1 is 1.13 bits per heavy atom. The Balaban J connectivity index is 1.97. The van der Waals surface area contributed by atoms with Gasteiger partial charge < -0.3 is 29.2 Å². The number of rotatable bonds is 2. The van der Waals surface area contributed by atoms with Crippen LogP contribution in [0.25, 0.3) is 11.0 Å². The molecule has 0 radical (unpaired) electrons. The van der Waals surface area contributed by atoms with Crippen molar-refractivity contribution >= 4 is 11.0 Å². The average molecular weight is 322 g/mol. The average Bonchev–Trinajstić information content (AvgIpc) is 2.51. The molecule has 1 aromatic carbocycles. The third-order valence-corrected chi connectivity index (χ3v) is 3.99. The Morgan fingerprint density at radius 2 is 1.87 bits per heavy atom. The van der Waals surface area contributed by atoms with Gasteiger partial charge in [0.2, 0.25) is 6.29 Å². The van der Waals surface area contributed by atoms with Crippen LogP contribution in [0.4, 0.5) is 0 Å². The van der Waals surface area contributed by atoms with Crippen LogP contribution in [-0.4, -0.2) is 46.0 Å². The molecule has 0 aliphatic carbocycles. The molecule has 1 saturated heterocycles. The molecule has 3 N–H and O–H groups in total. The van der Waals surface area contributed by atoms with Crippen LogP contribution in [0.1, 0.15) is 12.5 Å². The number of para-hydroxylation sites is 1. The standard InChI is InChI=1S/C16H18O7/c1-7-6-11(17)23-15-9(7)4-3-5-10(15)22-16-14(20)13(19)12(18)8(2)21-16/h3-6,8,12-14,16,18-20H,1-2H3/t8-,12-,13+,14+,16-/m0/s1. The van der Waals surface area contributed by atoms with Gasteiger partial charge in [-0.25, -0.2) is 4.79 Å². The van der Waals surface area contributed by atoms with E-state index >= 15 is 0 Å². The molecule has 124 valence electrons. The molecule has 1 fully saturated rings. The maximum Gasteiger partial charge on any atom is 0.336 e. The highest BCUT2D eigenvalue weighted by Gasteiger charge is 2.43. The molecule has 0 amide bonds. The first-order valence-corrected chi connectivity index (χ1v) is 7.28. The van der Waals surface area contributed by atoms with E-state index in [1.807, 2.05) is 0 Å². The summed E-state index contributed by atoms with van der Waals surface area (Å²) in [4.78, 5) is 11.6. The minimum absolute atomic E-state index is 0.211. The van der Waals surface area contributed by atoms with Gasteiger partial charge in [-0.1, -0.05) is 12.1 Å². The van der Waals surface area contributed by atoms with Crippen LogP contribution >= 0.6 is 0 Å². The fourth-order valence-electron chi connectivity index (χ4n) is 2.64. The van der Waals surface area contributed by atoms with Gasteiger partial charge >= 0.3 is 5.63 Å². The quantitative estimate of drug-likeness (QED) is 0.683. The van der Waals surface area contributed by atoms with Crippen LogP contribution in [0.5, 0.6) is 5.75 Å². The molecule has 1 aliphatic heterocycles. The Morgan fingerprint density at radius 3 is 2.61 bits per heavy atom. The lowest BCUT2D eigenvalue weighted by Gasteiger charge is -2.38. The second kappa shape index (κ2) is 5.93. The zero-order chi connectivity index (χ0) is 16.7. The van der Waals surface area contributed by atoms with E-state index in [9.17, 15) is 20.1 Å². The van der Waals surface area contributed by atoms with Crippen LogP contribution in [0, 0.1) is 6.92 Å². The van der Waals surface area contributed by atoms with Gasteiger partial charge in [0, 0.05) is 11.5 Å². The van der Waals surface area contributed by atoms with Crippen LogP contribution in [0.2, 0.25) is 0 Å². The zero-order valence-electron chi connectivity index (χ0n) is 12.7. The highest BCUT2D eigenvalue weighted by Crippen LogP contribution is 2.30. The summed E-state index contributed by atoms with van der Waals surface area (Å²) >= 11 is 0. The van der Waals surface area contributed by atoms with E-state index in [-0.39, 0.29) is 11.3 Å². The molecule has 2 heterocycles. The number of ether oxygens (including phenoxy) is 2. The SMILES string of the molecule is Cc1cc(=O)oc2c(O[C@@H]3O[C@@H](C)[C@H](O)[C@@H](O)[C@H]3O)cccc12. The first-order chi connectivity index (χ1) is 10.9. The molecule has 1 aromatic heterocycles. The van der Waals surface area contributed by atoms with Gasteiger partial charge in [-0.15, -0.1) is 0 Å². The van der Waals surface area contributed by atoms with Crippen molar-refractivity contribution in [2.75, 3.05) is 0 Å². The number of hydrogen-bond acceptors (Lipinski definition) is 7. The summed E-state index contributed by atoms with van der Waals surface area (Å²) in [5.41, 5.74) is 0.456. The molecule has 23 heavy (non-hydrogen) atoms.